The van der Waals surface area contributed by atoms with Crippen molar-refractivity contribution in [3.8, 4) is 0 Å². The van der Waals surface area contributed by atoms with Crippen molar-refractivity contribution in [3.05, 3.63) is 65.7 Å². The first-order chi connectivity index (χ1) is 14.4. The summed E-state index contributed by atoms with van der Waals surface area (Å²) in [6.07, 6.45) is 2.00. The highest BCUT2D eigenvalue weighted by Crippen LogP contribution is 2.22. The highest BCUT2D eigenvalue weighted by atomic mass is 16.5. The number of amides is 3. The molecule has 1 aliphatic heterocycles. The Morgan fingerprint density at radius 2 is 1.80 bits per heavy atom. The van der Waals surface area contributed by atoms with Crippen LogP contribution in [-0.2, 0) is 16.0 Å². The van der Waals surface area contributed by atoms with Gasteiger partial charge in [0.05, 0.1) is 5.56 Å². The maximum atomic E-state index is 12.7. The van der Waals surface area contributed by atoms with Crippen LogP contribution < -0.4 is 11.1 Å². The van der Waals surface area contributed by atoms with Crippen molar-refractivity contribution >= 4 is 23.6 Å². The number of nitrogens with two attached hydrogens (primary N) is 1. The Hall–Kier alpha value is -3.35. The molecule has 2 aromatic carbocycles. The summed E-state index contributed by atoms with van der Waals surface area (Å²) in [6.45, 7) is 2.91. The number of nitrogens with zero attached hydrogens (tertiary/aromatic N) is 1. The summed E-state index contributed by atoms with van der Waals surface area (Å²) in [5.74, 6) is -0.259. The van der Waals surface area contributed by atoms with Crippen LogP contribution in [0.1, 0.15) is 35.7 Å². The number of nitrogens with one attached hydrogen (secondary N) is 1. The Bertz CT molecular complexity index is 892. The molecule has 1 fully saturated rings. The number of benzene rings is 2. The highest BCUT2D eigenvalue weighted by molar-refractivity contribution is 5.95. The Morgan fingerprint density at radius 3 is 2.47 bits per heavy atom. The molecular formula is C23H27N3O4. The molecule has 0 radical (unpaired) electrons. The summed E-state index contributed by atoms with van der Waals surface area (Å²) in [5.41, 5.74) is 7.03. The van der Waals surface area contributed by atoms with Gasteiger partial charge in [-0.15, -0.1) is 0 Å². The molecule has 0 unspecified atom stereocenters. The molecule has 0 aromatic heterocycles. The van der Waals surface area contributed by atoms with Gasteiger partial charge in [-0.3, -0.25) is 4.79 Å². The molecule has 0 spiro atoms. The molecule has 2 aromatic rings. The van der Waals surface area contributed by atoms with Gasteiger partial charge in [-0.2, -0.15) is 0 Å². The van der Waals surface area contributed by atoms with Gasteiger partial charge >= 0.3 is 12.0 Å². The molecule has 1 saturated heterocycles. The maximum Gasteiger partial charge on any atom is 0.338 e. The standard InChI is InChI=1S/C23H27N3O4/c1-16(30-22(28)19-8-5-9-20(15-19)25-23(24)29)21(27)26-12-10-18(11-13-26)14-17-6-3-2-4-7-17/h2-9,15-16,18H,10-14H2,1H3,(H3,24,25,29)/t16-/m1/s1. The fourth-order valence-electron chi connectivity index (χ4n) is 3.71. The predicted octanol–water partition coefficient (Wildman–Crippen LogP) is 3.20. The van der Waals surface area contributed by atoms with Gasteiger partial charge in [0.2, 0.25) is 0 Å². The van der Waals surface area contributed by atoms with Gasteiger partial charge in [-0.1, -0.05) is 36.4 Å². The van der Waals surface area contributed by atoms with E-state index < -0.39 is 18.1 Å². The van der Waals surface area contributed by atoms with E-state index in [0.29, 0.717) is 24.7 Å². The van der Waals surface area contributed by atoms with Crippen LogP contribution in [0.15, 0.2) is 54.6 Å². The second kappa shape index (κ2) is 9.91. The number of rotatable bonds is 6. The van der Waals surface area contributed by atoms with Gasteiger partial charge in [-0.25, -0.2) is 9.59 Å². The molecule has 0 saturated carbocycles. The molecule has 0 aliphatic carbocycles. The molecule has 7 nitrogen and oxygen atoms in total. The number of carbonyl (C=O) groups excluding carboxylic acids is 3. The van der Waals surface area contributed by atoms with E-state index in [4.69, 9.17) is 10.5 Å². The lowest BCUT2D eigenvalue weighted by Crippen LogP contribution is -2.44. The average molecular weight is 409 g/mol. The van der Waals surface area contributed by atoms with Gasteiger partial charge < -0.3 is 20.7 Å². The number of anilines is 1. The van der Waals surface area contributed by atoms with Gasteiger partial charge in [0, 0.05) is 18.8 Å². The highest BCUT2D eigenvalue weighted by Gasteiger charge is 2.28. The van der Waals surface area contributed by atoms with Crippen molar-refractivity contribution in [2.45, 2.75) is 32.3 Å². The van der Waals surface area contributed by atoms with Gasteiger partial charge in [0.15, 0.2) is 6.10 Å². The van der Waals surface area contributed by atoms with Gasteiger partial charge in [0.25, 0.3) is 5.91 Å². The molecule has 3 rings (SSSR count). The number of urea groups is 1. The van der Waals surface area contributed by atoms with E-state index in [9.17, 15) is 14.4 Å². The van der Waals surface area contributed by atoms with Crippen molar-refractivity contribution in [3.63, 3.8) is 0 Å². The zero-order chi connectivity index (χ0) is 21.5. The summed E-state index contributed by atoms with van der Waals surface area (Å²) < 4.78 is 5.36. The largest absolute Gasteiger partial charge is 0.449 e. The first kappa shape index (κ1) is 21.4. The lowest BCUT2D eigenvalue weighted by Gasteiger charge is -2.33. The molecule has 0 bridgehead atoms. The number of likely N-dealkylation sites (tertiary alicyclic amines) is 1. The van der Waals surface area contributed by atoms with Crippen LogP contribution in [0, 0.1) is 5.92 Å². The molecule has 1 heterocycles. The van der Waals surface area contributed by atoms with E-state index in [2.05, 4.69) is 17.4 Å². The van der Waals surface area contributed by atoms with Crippen LogP contribution in [-0.4, -0.2) is 42.0 Å². The summed E-state index contributed by atoms with van der Waals surface area (Å²) >= 11 is 0. The van der Waals surface area contributed by atoms with Crippen molar-refractivity contribution < 1.29 is 19.1 Å². The minimum atomic E-state index is -0.879. The first-order valence-corrected chi connectivity index (χ1v) is 10.1. The molecule has 1 aliphatic rings. The molecule has 1 atom stereocenters. The van der Waals surface area contributed by atoms with Crippen LogP contribution in [0.4, 0.5) is 10.5 Å². The van der Waals surface area contributed by atoms with Crippen LogP contribution >= 0.6 is 0 Å². The molecule has 3 amide bonds. The van der Waals surface area contributed by atoms with E-state index in [-0.39, 0.29) is 11.5 Å². The number of primary amides is 1. The minimum Gasteiger partial charge on any atom is -0.449 e. The minimum absolute atomic E-state index is 0.187. The van der Waals surface area contributed by atoms with E-state index in [0.717, 1.165) is 19.3 Å². The summed E-state index contributed by atoms with van der Waals surface area (Å²) in [4.78, 5) is 37.8. The Labute approximate surface area is 176 Å². The van der Waals surface area contributed by atoms with E-state index in [1.807, 2.05) is 18.2 Å². The van der Waals surface area contributed by atoms with E-state index >= 15 is 0 Å². The summed E-state index contributed by atoms with van der Waals surface area (Å²) in [5, 5.41) is 2.41. The van der Waals surface area contributed by atoms with Crippen LogP contribution in [0.2, 0.25) is 0 Å². The monoisotopic (exact) mass is 409 g/mol. The van der Waals surface area contributed by atoms with Crippen molar-refractivity contribution in [1.29, 1.82) is 0 Å². The molecule has 3 N–H and O–H groups in total. The number of piperidine rings is 1. The van der Waals surface area contributed by atoms with Crippen LogP contribution in [0.3, 0.4) is 0 Å². The second-order valence-electron chi connectivity index (χ2n) is 7.58. The Kier molecular flexibility index (Phi) is 7.06. The van der Waals surface area contributed by atoms with Crippen molar-refractivity contribution in [2.24, 2.45) is 11.7 Å². The Morgan fingerprint density at radius 1 is 1.10 bits per heavy atom. The van der Waals surface area contributed by atoms with Crippen LogP contribution in [0.5, 0.6) is 0 Å². The third kappa shape index (κ3) is 5.83. The van der Waals surface area contributed by atoms with E-state index in [1.54, 1.807) is 30.0 Å². The fourth-order valence-corrected chi connectivity index (χ4v) is 3.71. The maximum absolute atomic E-state index is 12.7. The zero-order valence-corrected chi connectivity index (χ0v) is 17.0. The van der Waals surface area contributed by atoms with E-state index in [1.165, 1.54) is 11.6 Å². The van der Waals surface area contributed by atoms with Gasteiger partial charge in [-0.05, 0) is 55.9 Å². The topological polar surface area (TPSA) is 102 Å². The third-order valence-corrected chi connectivity index (χ3v) is 5.29. The van der Waals surface area contributed by atoms with Crippen molar-refractivity contribution in [1.82, 2.24) is 4.90 Å². The van der Waals surface area contributed by atoms with Gasteiger partial charge in [0.1, 0.15) is 0 Å². The fraction of sp³-hybridized carbons (Fsp3) is 0.348. The molecule has 30 heavy (non-hydrogen) atoms. The third-order valence-electron chi connectivity index (χ3n) is 5.29. The zero-order valence-electron chi connectivity index (χ0n) is 17.0. The average Bonchev–Trinajstić information content (AvgIpc) is 2.74. The SMILES string of the molecule is C[C@@H](OC(=O)c1cccc(NC(N)=O)c1)C(=O)N1CCC(Cc2ccccc2)CC1. The smallest absolute Gasteiger partial charge is 0.338 e. The predicted molar refractivity (Wildman–Crippen MR) is 114 cm³/mol. The number of ether oxygens (including phenoxy) is 1. The number of carbonyl (C=O) groups is 3. The summed E-state index contributed by atoms with van der Waals surface area (Å²) in [7, 11) is 0. The van der Waals surface area contributed by atoms with Crippen molar-refractivity contribution in [2.75, 3.05) is 18.4 Å². The van der Waals surface area contributed by atoms with Crippen LogP contribution in [0.25, 0.3) is 0 Å². The molecule has 7 heteroatoms. The number of esters is 1. The Balaban J connectivity index is 1.50. The quantitative estimate of drug-likeness (QED) is 0.715. The first-order valence-electron chi connectivity index (χ1n) is 10.1. The summed E-state index contributed by atoms with van der Waals surface area (Å²) in [6, 6.07) is 15.9. The number of hydrogen-bond acceptors (Lipinski definition) is 4. The number of hydrogen-bond donors (Lipinski definition) is 2. The lowest BCUT2D eigenvalue weighted by atomic mass is 9.90. The molecule has 158 valence electrons. The lowest BCUT2D eigenvalue weighted by molar-refractivity contribution is -0.141. The molecular weight excluding hydrogens is 382 g/mol. The second-order valence-corrected chi connectivity index (χ2v) is 7.58. The normalized spacial score (nSPS) is 15.3.